The fraction of sp³-hybridized carbons (Fsp3) is 0.636. The van der Waals surface area contributed by atoms with Gasteiger partial charge in [-0.2, -0.15) is 0 Å². The van der Waals surface area contributed by atoms with Crippen molar-refractivity contribution in [3.05, 3.63) is 18.2 Å². The van der Waals surface area contributed by atoms with Crippen molar-refractivity contribution in [1.82, 2.24) is 9.97 Å². The highest BCUT2D eigenvalue weighted by atomic mass is 16.5. The third kappa shape index (κ3) is 3.08. The number of ether oxygens (including phenoxy) is 1. The van der Waals surface area contributed by atoms with Crippen LogP contribution in [0.1, 0.15) is 26.5 Å². The fourth-order valence-electron chi connectivity index (χ4n) is 1.50. The molecule has 0 saturated heterocycles. The molecule has 1 rings (SSSR count). The fourth-order valence-corrected chi connectivity index (χ4v) is 1.50. The summed E-state index contributed by atoms with van der Waals surface area (Å²) in [6.45, 7) is 6.09. The number of H-pyrrole nitrogens is 1. The molecule has 1 aromatic heterocycles. The first kappa shape index (κ1) is 11.8. The predicted molar refractivity (Wildman–Crippen MR) is 57.3 cm³/mol. The van der Waals surface area contributed by atoms with Crippen molar-refractivity contribution >= 4 is 5.97 Å². The molecule has 84 valence electrons. The topological polar surface area (TPSA) is 55.0 Å². The van der Waals surface area contributed by atoms with Crippen LogP contribution in [0.25, 0.3) is 0 Å². The third-order valence-electron chi connectivity index (χ3n) is 2.50. The van der Waals surface area contributed by atoms with E-state index >= 15 is 0 Å². The Hall–Kier alpha value is -1.32. The van der Waals surface area contributed by atoms with E-state index in [1.807, 2.05) is 27.0 Å². The molecular weight excluding hydrogens is 192 g/mol. The van der Waals surface area contributed by atoms with Crippen LogP contribution in [0.4, 0.5) is 0 Å². The van der Waals surface area contributed by atoms with Crippen molar-refractivity contribution < 1.29 is 9.53 Å². The summed E-state index contributed by atoms with van der Waals surface area (Å²) in [5.41, 5.74) is 0.770. The highest BCUT2D eigenvalue weighted by Crippen LogP contribution is 2.29. The normalized spacial score (nSPS) is 13.6. The Morgan fingerprint density at radius 1 is 1.60 bits per heavy atom. The van der Waals surface area contributed by atoms with E-state index in [1.165, 1.54) is 7.11 Å². The summed E-state index contributed by atoms with van der Waals surface area (Å²) >= 11 is 0. The van der Waals surface area contributed by atoms with E-state index in [2.05, 4.69) is 9.97 Å². The number of hydrogen-bond acceptors (Lipinski definition) is 3. The van der Waals surface area contributed by atoms with Gasteiger partial charge in [-0.3, -0.25) is 4.79 Å². The van der Waals surface area contributed by atoms with Crippen LogP contribution in [-0.2, 0) is 16.0 Å². The van der Waals surface area contributed by atoms with Crippen LogP contribution in [0.15, 0.2) is 12.5 Å². The molecule has 1 atom stereocenters. The molecule has 4 heteroatoms. The average molecular weight is 210 g/mol. The molecule has 0 aliphatic heterocycles. The number of esters is 1. The van der Waals surface area contributed by atoms with E-state index in [1.54, 1.807) is 6.33 Å². The first-order valence-corrected chi connectivity index (χ1v) is 5.00. The molecule has 4 nitrogen and oxygen atoms in total. The number of imidazole rings is 1. The molecule has 1 unspecified atom stereocenters. The number of carbonyl (C=O) groups excluding carboxylic acids is 1. The molecule has 0 saturated carbocycles. The molecule has 0 radical (unpaired) electrons. The average Bonchev–Trinajstić information content (AvgIpc) is 2.63. The molecule has 1 N–H and O–H groups in total. The second-order valence-electron chi connectivity index (χ2n) is 4.71. The third-order valence-corrected chi connectivity index (χ3v) is 2.50. The SMILES string of the molecule is COC(=O)C(Cc1c[nH]cn1)C(C)(C)C. The van der Waals surface area contributed by atoms with Gasteiger partial charge in [-0.05, 0) is 5.41 Å². The first-order valence-electron chi connectivity index (χ1n) is 5.00. The lowest BCUT2D eigenvalue weighted by molar-refractivity contribution is -0.149. The number of aromatic nitrogens is 2. The Morgan fingerprint density at radius 2 is 2.27 bits per heavy atom. The van der Waals surface area contributed by atoms with E-state index < -0.39 is 0 Å². The summed E-state index contributed by atoms with van der Waals surface area (Å²) in [4.78, 5) is 18.6. The molecule has 0 aromatic carbocycles. The molecule has 0 bridgehead atoms. The molecule has 1 heterocycles. The maximum absolute atomic E-state index is 11.6. The van der Waals surface area contributed by atoms with Crippen LogP contribution in [-0.4, -0.2) is 23.0 Å². The Labute approximate surface area is 90.1 Å². The number of rotatable bonds is 3. The quantitative estimate of drug-likeness (QED) is 0.774. The van der Waals surface area contributed by atoms with Crippen molar-refractivity contribution in [3.8, 4) is 0 Å². The van der Waals surface area contributed by atoms with Gasteiger partial charge < -0.3 is 9.72 Å². The summed E-state index contributed by atoms with van der Waals surface area (Å²) < 4.78 is 4.81. The van der Waals surface area contributed by atoms with E-state index in [9.17, 15) is 4.79 Å². The summed E-state index contributed by atoms with van der Waals surface area (Å²) in [5.74, 6) is -0.337. The van der Waals surface area contributed by atoms with Crippen molar-refractivity contribution in [3.63, 3.8) is 0 Å². The highest BCUT2D eigenvalue weighted by Gasteiger charge is 2.32. The minimum absolute atomic E-state index is 0.119. The second kappa shape index (κ2) is 4.47. The highest BCUT2D eigenvalue weighted by molar-refractivity contribution is 5.73. The minimum Gasteiger partial charge on any atom is -0.469 e. The lowest BCUT2D eigenvalue weighted by atomic mass is 9.78. The van der Waals surface area contributed by atoms with Gasteiger partial charge in [0.25, 0.3) is 0 Å². The van der Waals surface area contributed by atoms with Crippen LogP contribution in [0.3, 0.4) is 0 Å². The summed E-state index contributed by atoms with van der Waals surface area (Å²) in [5, 5.41) is 0. The standard InChI is InChI=1S/C11H18N2O2/c1-11(2,3)9(10(14)15-4)5-8-6-12-7-13-8/h6-7,9H,5H2,1-4H3,(H,12,13). The van der Waals surface area contributed by atoms with Gasteiger partial charge in [-0.1, -0.05) is 20.8 Å². The number of hydrogen-bond donors (Lipinski definition) is 1. The molecule has 0 fully saturated rings. The van der Waals surface area contributed by atoms with Gasteiger partial charge in [0.2, 0.25) is 0 Å². The number of methoxy groups -OCH3 is 1. The maximum Gasteiger partial charge on any atom is 0.309 e. The smallest absolute Gasteiger partial charge is 0.309 e. The monoisotopic (exact) mass is 210 g/mol. The lowest BCUT2D eigenvalue weighted by Crippen LogP contribution is -2.31. The summed E-state index contributed by atoms with van der Waals surface area (Å²) in [6, 6.07) is 0. The summed E-state index contributed by atoms with van der Waals surface area (Å²) in [7, 11) is 1.42. The predicted octanol–water partition coefficient (Wildman–Crippen LogP) is 1.79. The van der Waals surface area contributed by atoms with E-state index in [0.717, 1.165) is 5.69 Å². The number of nitrogens with one attached hydrogen (secondary N) is 1. The molecule has 15 heavy (non-hydrogen) atoms. The largest absolute Gasteiger partial charge is 0.469 e. The van der Waals surface area contributed by atoms with Crippen molar-refractivity contribution in [2.75, 3.05) is 7.11 Å². The van der Waals surface area contributed by atoms with E-state index in [-0.39, 0.29) is 17.3 Å². The van der Waals surface area contributed by atoms with Gasteiger partial charge >= 0.3 is 5.97 Å². The van der Waals surface area contributed by atoms with Crippen LogP contribution in [0, 0.1) is 11.3 Å². The summed E-state index contributed by atoms with van der Waals surface area (Å²) in [6.07, 6.45) is 4.04. The lowest BCUT2D eigenvalue weighted by Gasteiger charge is -2.27. The van der Waals surface area contributed by atoms with Crippen LogP contribution in [0.5, 0.6) is 0 Å². The Morgan fingerprint density at radius 3 is 2.67 bits per heavy atom. The zero-order valence-corrected chi connectivity index (χ0v) is 9.70. The number of carbonyl (C=O) groups is 1. The molecule has 0 spiro atoms. The van der Waals surface area contributed by atoms with E-state index in [4.69, 9.17) is 4.74 Å². The Kier molecular flexibility index (Phi) is 3.50. The molecule has 1 aromatic rings. The number of aromatic amines is 1. The van der Waals surface area contributed by atoms with Gasteiger partial charge in [-0.15, -0.1) is 0 Å². The van der Waals surface area contributed by atoms with Gasteiger partial charge in [0.15, 0.2) is 0 Å². The Bertz CT molecular complexity index is 312. The maximum atomic E-state index is 11.6. The van der Waals surface area contributed by atoms with Gasteiger partial charge in [0, 0.05) is 12.6 Å². The molecule has 0 amide bonds. The molecular formula is C11H18N2O2. The second-order valence-corrected chi connectivity index (χ2v) is 4.71. The minimum atomic E-state index is -0.175. The van der Waals surface area contributed by atoms with E-state index in [0.29, 0.717) is 6.42 Å². The van der Waals surface area contributed by atoms with Crippen LogP contribution >= 0.6 is 0 Å². The van der Waals surface area contributed by atoms with Crippen molar-refractivity contribution in [2.24, 2.45) is 11.3 Å². The van der Waals surface area contributed by atoms with Gasteiger partial charge in [0.1, 0.15) is 0 Å². The van der Waals surface area contributed by atoms with Crippen molar-refractivity contribution in [2.45, 2.75) is 27.2 Å². The van der Waals surface area contributed by atoms with Crippen LogP contribution < -0.4 is 0 Å². The first-order chi connectivity index (χ1) is 6.95. The van der Waals surface area contributed by atoms with Gasteiger partial charge in [0.05, 0.1) is 25.0 Å². The number of nitrogens with zero attached hydrogens (tertiary/aromatic N) is 1. The zero-order chi connectivity index (χ0) is 11.5. The van der Waals surface area contributed by atoms with Crippen molar-refractivity contribution in [1.29, 1.82) is 0 Å². The Balaban J connectivity index is 2.79. The molecule has 0 aliphatic rings. The van der Waals surface area contributed by atoms with Gasteiger partial charge in [-0.25, -0.2) is 4.98 Å². The molecule has 0 aliphatic carbocycles. The van der Waals surface area contributed by atoms with Crippen LogP contribution in [0.2, 0.25) is 0 Å². The zero-order valence-electron chi connectivity index (χ0n) is 9.70.